The first-order chi connectivity index (χ1) is 7.80. The molecule has 1 aliphatic heterocycles. The Morgan fingerprint density at radius 1 is 1.24 bits per heavy atom. The van der Waals surface area contributed by atoms with Gasteiger partial charge in [0.25, 0.3) is 0 Å². The second-order valence-electron chi connectivity index (χ2n) is 5.80. The van der Waals surface area contributed by atoms with Crippen LogP contribution in [0.4, 0.5) is 0 Å². The number of nitrogens with zero attached hydrogens (tertiary/aromatic N) is 1. The molecule has 90 valence electrons. The van der Waals surface area contributed by atoms with Gasteiger partial charge in [0.15, 0.2) is 5.78 Å². The summed E-state index contributed by atoms with van der Waals surface area (Å²) in [6.45, 7) is 10.7. The van der Waals surface area contributed by atoms with Gasteiger partial charge in [0, 0.05) is 22.3 Å². The number of fused-ring (bicyclic) bond motifs is 1. The second kappa shape index (κ2) is 3.80. The van der Waals surface area contributed by atoms with Crippen LogP contribution in [0.1, 0.15) is 54.7 Å². The van der Waals surface area contributed by atoms with Crippen molar-refractivity contribution in [1.29, 1.82) is 0 Å². The summed E-state index contributed by atoms with van der Waals surface area (Å²) in [5, 5.41) is 0. The van der Waals surface area contributed by atoms with Crippen molar-refractivity contribution in [1.82, 2.24) is 0 Å². The average molecular weight is 229 g/mol. The summed E-state index contributed by atoms with van der Waals surface area (Å²) in [6.07, 6.45) is 0. The van der Waals surface area contributed by atoms with Gasteiger partial charge in [-0.25, -0.2) is 0 Å². The van der Waals surface area contributed by atoms with E-state index in [1.807, 2.05) is 39.8 Å². The summed E-state index contributed by atoms with van der Waals surface area (Å²) < 4.78 is 0. The fourth-order valence-electron chi connectivity index (χ4n) is 2.20. The zero-order valence-electron chi connectivity index (χ0n) is 11.2. The van der Waals surface area contributed by atoms with E-state index < -0.39 is 0 Å². The van der Waals surface area contributed by atoms with Crippen LogP contribution in [0, 0.1) is 12.3 Å². The van der Waals surface area contributed by atoms with Gasteiger partial charge in [-0.2, -0.15) is 0 Å². The number of hydrogen-bond acceptors (Lipinski definition) is 2. The summed E-state index contributed by atoms with van der Waals surface area (Å²) in [5.74, 6) is 0.197. The number of rotatable bonds is 1. The average Bonchev–Trinajstić information content (AvgIpc) is 2.59. The molecule has 0 aliphatic carbocycles. The zero-order valence-corrected chi connectivity index (χ0v) is 11.2. The van der Waals surface area contributed by atoms with Gasteiger partial charge in [-0.15, -0.1) is 0 Å². The number of carbonyl (C=O) groups excluding carboxylic acids is 1. The maximum absolute atomic E-state index is 12.3. The Kier molecular flexibility index (Phi) is 2.69. The SMILES string of the molecule is CC1=NCc2c(C)cc(C(=O)C(C)(C)C)cc21. The lowest BCUT2D eigenvalue weighted by Crippen LogP contribution is -2.20. The van der Waals surface area contributed by atoms with Crippen LogP contribution >= 0.6 is 0 Å². The summed E-state index contributed by atoms with van der Waals surface area (Å²) in [5.41, 5.74) is 5.13. The lowest BCUT2D eigenvalue weighted by atomic mass is 9.84. The smallest absolute Gasteiger partial charge is 0.168 e. The number of aryl methyl sites for hydroxylation is 1. The van der Waals surface area contributed by atoms with E-state index in [0.29, 0.717) is 0 Å². The maximum Gasteiger partial charge on any atom is 0.168 e. The minimum absolute atomic E-state index is 0.197. The quantitative estimate of drug-likeness (QED) is 0.677. The highest BCUT2D eigenvalue weighted by Gasteiger charge is 2.25. The van der Waals surface area contributed by atoms with Crippen molar-refractivity contribution in [2.24, 2.45) is 10.4 Å². The van der Waals surface area contributed by atoms with E-state index in [9.17, 15) is 4.79 Å². The normalized spacial score (nSPS) is 14.5. The van der Waals surface area contributed by atoms with E-state index in [0.717, 1.165) is 23.4 Å². The lowest BCUT2D eigenvalue weighted by molar-refractivity contribution is 0.0858. The van der Waals surface area contributed by atoms with Gasteiger partial charge >= 0.3 is 0 Å². The summed E-state index contributed by atoms with van der Waals surface area (Å²) in [6, 6.07) is 4.00. The van der Waals surface area contributed by atoms with Crippen LogP contribution in [-0.2, 0) is 6.54 Å². The molecule has 0 fully saturated rings. The predicted molar refractivity (Wildman–Crippen MR) is 70.9 cm³/mol. The van der Waals surface area contributed by atoms with Crippen molar-refractivity contribution in [3.05, 3.63) is 34.4 Å². The van der Waals surface area contributed by atoms with Crippen LogP contribution in [-0.4, -0.2) is 11.5 Å². The molecule has 1 aliphatic rings. The molecule has 17 heavy (non-hydrogen) atoms. The predicted octanol–water partition coefficient (Wildman–Crippen LogP) is 3.55. The molecule has 0 atom stereocenters. The first-order valence-electron chi connectivity index (χ1n) is 6.00. The third-order valence-corrected chi connectivity index (χ3v) is 3.28. The number of ketones is 1. The molecule has 1 aromatic rings. The zero-order chi connectivity index (χ0) is 12.8. The highest BCUT2D eigenvalue weighted by molar-refractivity contribution is 6.06. The molecule has 0 amide bonds. The van der Waals surface area contributed by atoms with Crippen molar-refractivity contribution < 1.29 is 4.79 Å². The van der Waals surface area contributed by atoms with Crippen LogP contribution in [0.15, 0.2) is 17.1 Å². The van der Waals surface area contributed by atoms with Crippen molar-refractivity contribution >= 4 is 11.5 Å². The fourth-order valence-corrected chi connectivity index (χ4v) is 2.20. The topological polar surface area (TPSA) is 29.4 Å². The van der Waals surface area contributed by atoms with Crippen molar-refractivity contribution in [3.8, 4) is 0 Å². The number of carbonyl (C=O) groups is 1. The third kappa shape index (κ3) is 2.04. The molecule has 1 aromatic carbocycles. The van der Waals surface area contributed by atoms with Crippen molar-refractivity contribution in [2.45, 2.75) is 41.2 Å². The Hall–Kier alpha value is -1.44. The molecule has 2 nitrogen and oxygen atoms in total. The highest BCUT2D eigenvalue weighted by atomic mass is 16.1. The van der Waals surface area contributed by atoms with E-state index in [1.54, 1.807) is 0 Å². The number of hydrogen-bond donors (Lipinski definition) is 0. The Morgan fingerprint density at radius 2 is 1.88 bits per heavy atom. The largest absolute Gasteiger partial charge is 0.294 e. The Bertz CT molecular complexity index is 518. The molecular formula is C15H19NO. The van der Waals surface area contributed by atoms with E-state index in [4.69, 9.17) is 0 Å². The van der Waals surface area contributed by atoms with Gasteiger partial charge in [0.2, 0.25) is 0 Å². The minimum atomic E-state index is -0.329. The van der Waals surface area contributed by atoms with Gasteiger partial charge in [0.1, 0.15) is 0 Å². The first-order valence-corrected chi connectivity index (χ1v) is 6.00. The van der Waals surface area contributed by atoms with Crippen LogP contribution in [0.3, 0.4) is 0 Å². The second-order valence-corrected chi connectivity index (χ2v) is 5.80. The number of benzene rings is 1. The van der Waals surface area contributed by atoms with Crippen LogP contribution in [0.5, 0.6) is 0 Å². The molecular weight excluding hydrogens is 210 g/mol. The fraction of sp³-hybridized carbons (Fsp3) is 0.467. The summed E-state index contributed by atoms with van der Waals surface area (Å²) >= 11 is 0. The summed E-state index contributed by atoms with van der Waals surface area (Å²) in [4.78, 5) is 16.7. The molecule has 0 radical (unpaired) electrons. The van der Waals surface area contributed by atoms with Crippen molar-refractivity contribution in [2.75, 3.05) is 0 Å². The molecule has 2 rings (SSSR count). The number of Topliss-reactive ketones (excluding diaryl/α,β-unsaturated/α-hetero) is 1. The van der Waals surface area contributed by atoms with E-state index in [2.05, 4.69) is 11.9 Å². The standard InChI is InChI=1S/C15H19NO/c1-9-6-11(14(17)15(3,4)5)7-12-10(2)16-8-13(9)12/h6-7H,8H2,1-5H3. The molecule has 0 spiro atoms. The molecule has 0 aromatic heterocycles. The van der Waals surface area contributed by atoms with E-state index in [1.165, 1.54) is 11.1 Å². The minimum Gasteiger partial charge on any atom is -0.294 e. The van der Waals surface area contributed by atoms with Crippen molar-refractivity contribution in [3.63, 3.8) is 0 Å². The molecule has 0 unspecified atom stereocenters. The Balaban J connectivity index is 2.53. The molecule has 0 saturated heterocycles. The Morgan fingerprint density at radius 3 is 2.47 bits per heavy atom. The van der Waals surface area contributed by atoms with Crippen LogP contribution in [0.25, 0.3) is 0 Å². The molecule has 0 saturated carbocycles. The van der Waals surface area contributed by atoms with Crippen LogP contribution in [0.2, 0.25) is 0 Å². The first kappa shape index (κ1) is 12.0. The maximum atomic E-state index is 12.3. The lowest BCUT2D eigenvalue weighted by Gasteiger charge is -2.18. The molecule has 1 heterocycles. The molecule has 0 bridgehead atoms. The third-order valence-electron chi connectivity index (χ3n) is 3.28. The van der Waals surface area contributed by atoms with E-state index >= 15 is 0 Å². The number of aliphatic imine (C=N–C) groups is 1. The van der Waals surface area contributed by atoms with Gasteiger partial charge in [0.05, 0.1) is 6.54 Å². The summed E-state index contributed by atoms with van der Waals surface area (Å²) in [7, 11) is 0. The monoisotopic (exact) mass is 229 g/mol. The Labute approximate surface area is 103 Å². The van der Waals surface area contributed by atoms with Gasteiger partial charge in [-0.05, 0) is 37.1 Å². The van der Waals surface area contributed by atoms with E-state index in [-0.39, 0.29) is 11.2 Å². The van der Waals surface area contributed by atoms with Gasteiger partial charge in [-0.1, -0.05) is 20.8 Å². The molecule has 0 N–H and O–H groups in total. The molecule has 2 heteroatoms. The van der Waals surface area contributed by atoms with Gasteiger partial charge in [-0.3, -0.25) is 9.79 Å². The highest BCUT2D eigenvalue weighted by Crippen LogP contribution is 2.28. The van der Waals surface area contributed by atoms with Crippen LogP contribution < -0.4 is 0 Å². The van der Waals surface area contributed by atoms with Gasteiger partial charge < -0.3 is 0 Å².